The molecule has 4 rings (SSSR count). The van der Waals surface area contributed by atoms with Crippen LogP contribution in [0.3, 0.4) is 0 Å². The third-order valence-electron chi connectivity index (χ3n) is 6.01. The van der Waals surface area contributed by atoms with Gasteiger partial charge in [0.05, 0.1) is 16.8 Å². The Bertz CT molecular complexity index is 1120. The van der Waals surface area contributed by atoms with Crippen LogP contribution < -0.4 is 5.32 Å². The molecule has 33 heavy (non-hydrogen) atoms. The van der Waals surface area contributed by atoms with Crippen LogP contribution in [0.25, 0.3) is 11.3 Å². The Morgan fingerprint density at radius 3 is 2.45 bits per heavy atom. The largest absolute Gasteiger partial charge is 0.481 e. The SMILES string of the molecule is O=C(O)CC1CCC(c2ccc(-c3cnc(Nc4ccc(Cl)c(C(F)(F)F)c4)o3)cc2)CC1. The lowest BCUT2D eigenvalue weighted by Crippen LogP contribution is -2.16. The summed E-state index contributed by atoms with van der Waals surface area (Å²) >= 11 is 5.65. The van der Waals surface area contributed by atoms with E-state index in [4.69, 9.17) is 21.1 Å². The molecule has 1 aliphatic rings. The van der Waals surface area contributed by atoms with Gasteiger partial charge in [-0.25, -0.2) is 4.98 Å². The van der Waals surface area contributed by atoms with Gasteiger partial charge in [0, 0.05) is 17.7 Å². The van der Waals surface area contributed by atoms with Gasteiger partial charge in [0.25, 0.3) is 6.01 Å². The second-order valence-electron chi connectivity index (χ2n) is 8.28. The predicted octanol–water partition coefficient (Wildman–Crippen LogP) is 7.51. The van der Waals surface area contributed by atoms with Gasteiger partial charge in [-0.15, -0.1) is 0 Å². The van der Waals surface area contributed by atoms with Crippen LogP contribution in [0.5, 0.6) is 0 Å². The molecule has 0 bridgehead atoms. The molecule has 0 atom stereocenters. The normalized spacial score (nSPS) is 18.8. The first-order chi connectivity index (χ1) is 15.7. The first-order valence-corrected chi connectivity index (χ1v) is 11.0. The molecule has 0 saturated heterocycles. The Morgan fingerprint density at radius 1 is 1.12 bits per heavy atom. The number of hydrogen-bond donors (Lipinski definition) is 2. The molecule has 2 N–H and O–H groups in total. The molecule has 9 heteroatoms. The molecule has 0 radical (unpaired) electrons. The van der Waals surface area contributed by atoms with Crippen LogP contribution in [-0.2, 0) is 11.0 Å². The van der Waals surface area contributed by atoms with Crippen molar-refractivity contribution < 1.29 is 27.5 Å². The van der Waals surface area contributed by atoms with Crippen LogP contribution in [0.2, 0.25) is 5.02 Å². The number of aromatic nitrogens is 1. The first kappa shape index (κ1) is 23.2. The number of halogens is 4. The zero-order valence-corrected chi connectivity index (χ0v) is 18.3. The summed E-state index contributed by atoms with van der Waals surface area (Å²) < 4.78 is 44.8. The van der Waals surface area contributed by atoms with Gasteiger partial charge in [0.15, 0.2) is 5.76 Å². The number of alkyl halides is 3. The van der Waals surface area contributed by atoms with Gasteiger partial charge >= 0.3 is 12.1 Å². The summed E-state index contributed by atoms with van der Waals surface area (Å²) in [5.41, 5.74) is 1.22. The lowest BCUT2D eigenvalue weighted by atomic mass is 9.77. The van der Waals surface area contributed by atoms with Crippen molar-refractivity contribution >= 4 is 29.3 Å². The quantitative estimate of drug-likeness (QED) is 0.383. The van der Waals surface area contributed by atoms with E-state index in [1.807, 2.05) is 24.3 Å². The second-order valence-corrected chi connectivity index (χ2v) is 8.69. The Balaban J connectivity index is 1.41. The van der Waals surface area contributed by atoms with Crippen molar-refractivity contribution in [2.75, 3.05) is 5.32 Å². The molecule has 3 aromatic rings. The van der Waals surface area contributed by atoms with E-state index in [0.717, 1.165) is 37.3 Å². The van der Waals surface area contributed by atoms with Gasteiger partial charge in [-0.2, -0.15) is 13.2 Å². The maximum absolute atomic E-state index is 13.1. The van der Waals surface area contributed by atoms with Gasteiger partial charge in [0.2, 0.25) is 0 Å². The summed E-state index contributed by atoms with van der Waals surface area (Å²) in [6.45, 7) is 0. The van der Waals surface area contributed by atoms with E-state index >= 15 is 0 Å². The fourth-order valence-corrected chi connectivity index (χ4v) is 4.50. The Labute approximate surface area is 193 Å². The Hall–Kier alpha value is -3.00. The van der Waals surface area contributed by atoms with Crippen LogP contribution >= 0.6 is 11.6 Å². The van der Waals surface area contributed by atoms with Crippen molar-refractivity contribution in [3.8, 4) is 11.3 Å². The molecule has 0 amide bonds. The molecule has 1 saturated carbocycles. The smallest absolute Gasteiger partial charge is 0.417 e. The van der Waals surface area contributed by atoms with Gasteiger partial charge in [0.1, 0.15) is 0 Å². The van der Waals surface area contributed by atoms with E-state index in [0.29, 0.717) is 11.7 Å². The van der Waals surface area contributed by atoms with Gasteiger partial charge < -0.3 is 14.8 Å². The summed E-state index contributed by atoms with van der Waals surface area (Å²) in [7, 11) is 0. The van der Waals surface area contributed by atoms with Crippen molar-refractivity contribution in [3.05, 3.63) is 64.8 Å². The minimum atomic E-state index is -4.56. The molecule has 1 aliphatic carbocycles. The summed E-state index contributed by atoms with van der Waals surface area (Å²) in [6, 6.07) is 11.5. The summed E-state index contributed by atoms with van der Waals surface area (Å²) in [4.78, 5) is 15.0. The fraction of sp³-hybridized carbons (Fsp3) is 0.333. The first-order valence-electron chi connectivity index (χ1n) is 10.6. The number of carboxylic acids is 1. The van der Waals surface area contributed by atoms with E-state index in [2.05, 4.69) is 10.3 Å². The molecule has 1 aromatic heterocycles. The van der Waals surface area contributed by atoms with Crippen molar-refractivity contribution in [2.24, 2.45) is 5.92 Å². The highest BCUT2D eigenvalue weighted by Gasteiger charge is 2.33. The van der Waals surface area contributed by atoms with E-state index in [1.54, 1.807) is 0 Å². The highest BCUT2D eigenvalue weighted by atomic mass is 35.5. The number of aliphatic carboxylic acids is 1. The van der Waals surface area contributed by atoms with Crippen molar-refractivity contribution in [1.29, 1.82) is 0 Å². The molecule has 174 valence electrons. The summed E-state index contributed by atoms with van der Waals surface area (Å²) in [6.07, 6.45) is 0.945. The average molecular weight is 479 g/mol. The van der Waals surface area contributed by atoms with Crippen molar-refractivity contribution in [2.45, 2.75) is 44.2 Å². The second kappa shape index (κ2) is 9.47. The van der Waals surface area contributed by atoms with Crippen molar-refractivity contribution in [3.63, 3.8) is 0 Å². The number of carboxylic acid groups (broad SMARTS) is 1. The molecule has 5 nitrogen and oxygen atoms in total. The third kappa shape index (κ3) is 5.68. The molecular weight excluding hydrogens is 457 g/mol. The predicted molar refractivity (Wildman–Crippen MR) is 119 cm³/mol. The summed E-state index contributed by atoms with van der Waals surface area (Å²) in [5.74, 6) is 0.412. The van der Waals surface area contributed by atoms with Crippen molar-refractivity contribution in [1.82, 2.24) is 4.98 Å². The monoisotopic (exact) mass is 478 g/mol. The topological polar surface area (TPSA) is 75.4 Å². The van der Waals surface area contributed by atoms with E-state index < -0.39 is 17.7 Å². The molecule has 1 fully saturated rings. The van der Waals surface area contributed by atoms with Crippen LogP contribution in [0.1, 0.15) is 49.1 Å². The molecule has 0 spiro atoms. The zero-order chi connectivity index (χ0) is 23.6. The molecule has 0 unspecified atom stereocenters. The van der Waals surface area contributed by atoms with E-state index in [-0.39, 0.29) is 29.1 Å². The van der Waals surface area contributed by atoms with Gasteiger partial charge in [-0.3, -0.25) is 4.79 Å². The molecular formula is C24H22ClF3N2O3. The number of anilines is 2. The lowest BCUT2D eigenvalue weighted by molar-refractivity contribution is -0.138. The number of nitrogens with one attached hydrogen (secondary N) is 1. The minimum absolute atomic E-state index is 0.0706. The maximum Gasteiger partial charge on any atom is 0.417 e. The van der Waals surface area contributed by atoms with Crippen LogP contribution in [-0.4, -0.2) is 16.1 Å². The minimum Gasteiger partial charge on any atom is -0.481 e. The highest BCUT2D eigenvalue weighted by Crippen LogP contribution is 2.39. The van der Waals surface area contributed by atoms with E-state index in [1.165, 1.54) is 23.9 Å². The molecule has 0 aliphatic heterocycles. The standard InChI is InChI=1S/C24H22ClF3N2O3/c25-20-10-9-18(12-19(20)24(26,27)28)30-23-29-13-21(33-23)17-7-5-16(6-8-17)15-3-1-14(2-4-15)11-22(31)32/h5-10,12-15H,1-4,11H2,(H,29,30)(H,31,32). The number of hydrogen-bond acceptors (Lipinski definition) is 4. The molecule has 1 heterocycles. The fourth-order valence-electron chi connectivity index (χ4n) is 4.28. The third-order valence-corrected chi connectivity index (χ3v) is 6.33. The van der Waals surface area contributed by atoms with E-state index in [9.17, 15) is 18.0 Å². The zero-order valence-electron chi connectivity index (χ0n) is 17.5. The summed E-state index contributed by atoms with van der Waals surface area (Å²) in [5, 5.41) is 11.3. The number of oxazole rings is 1. The number of benzene rings is 2. The van der Waals surface area contributed by atoms with Crippen LogP contribution in [0.15, 0.2) is 53.1 Å². The number of rotatable bonds is 6. The number of nitrogens with zero attached hydrogens (tertiary/aromatic N) is 1. The maximum atomic E-state index is 13.1. The van der Waals surface area contributed by atoms with Crippen LogP contribution in [0.4, 0.5) is 24.9 Å². The lowest BCUT2D eigenvalue weighted by Gasteiger charge is -2.28. The van der Waals surface area contributed by atoms with Crippen LogP contribution in [0, 0.1) is 5.92 Å². The highest BCUT2D eigenvalue weighted by molar-refractivity contribution is 6.31. The average Bonchev–Trinajstić information content (AvgIpc) is 3.23. The molecule has 2 aromatic carbocycles. The van der Waals surface area contributed by atoms with Gasteiger partial charge in [-0.05, 0) is 61.3 Å². The number of carbonyl (C=O) groups is 1. The Kier molecular flexibility index (Phi) is 6.65. The Morgan fingerprint density at radius 2 is 1.82 bits per heavy atom. The van der Waals surface area contributed by atoms with Gasteiger partial charge in [-0.1, -0.05) is 35.9 Å².